The molecule has 0 radical (unpaired) electrons. The minimum atomic E-state index is -0.146. The summed E-state index contributed by atoms with van der Waals surface area (Å²) in [6, 6.07) is 7.71. The van der Waals surface area contributed by atoms with Gasteiger partial charge in [-0.3, -0.25) is 0 Å². The van der Waals surface area contributed by atoms with E-state index in [4.69, 9.17) is 0 Å². The Morgan fingerprint density at radius 2 is 2.10 bits per heavy atom. The highest BCUT2D eigenvalue weighted by Crippen LogP contribution is 2.42. The lowest BCUT2D eigenvalue weighted by atomic mass is 9.79. The van der Waals surface area contributed by atoms with E-state index >= 15 is 0 Å². The van der Waals surface area contributed by atoms with E-state index < -0.39 is 0 Å². The van der Waals surface area contributed by atoms with Gasteiger partial charge in [-0.15, -0.1) is 0 Å². The third-order valence-corrected chi connectivity index (χ3v) is 4.78. The highest BCUT2D eigenvalue weighted by Gasteiger charge is 2.33. The van der Waals surface area contributed by atoms with Crippen LogP contribution in [0.3, 0.4) is 0 Å². The lowest BCUT2D eigenvalue weighted by Gasteiger charge is -2.33. The summed E-state index contributed by atoms with van der Waals surface area (Å²) in [4.78, 5) is 4.37. The second-order valence-electron chi connectivity index (χ2n) is 6.22. The van der Waals surface area contributed by atoms with Crippen LogP contribution in [0.25, 0.3) is 0 Å². The minimum absolute atomic E-state index is 0.146. The number of nitrogens with zero attached hydrogens (tertiary/aromatic N) is 2. The van der Waals surface area contributed by atoms with E-state index in [9.17, 15) is 4.39 Å². The highest BCUT2D eigenvalue weighted by atomic mass is 19.1. The van der Waals surface area contributed by atoms with Crippen LogP contribution in [0.5, 0.6) is 0 Å². The molecule has 4 heteroatoms. The molecule has 1 saturated heterocycles. The molecule has 0 spiro atoms. The molecule has 2 aromatic rings. The number of piperidine rings is 1. The Kier molecular flexibility index (Phi) is 3.26. The number of imidazole rings is 1. The second-order valence-corrected chi connectivity index (χ2v) is 6.22. The molecule has 1 saturated carbocycles. The third-order valence-electron chi connectivity index (χ3n) is 4.78. The van der Waals surface area contributed by atoms with Crippen molar-refractivity contribution < 1.29 is 4.39 Å². The van der Waals surface area contributed by atoms with Crippen molar-refractivity contribution in [3.05, 3.63) is 53.9 Å². The average molecular weight is 285 g/mol. The summed E-state index contributed by atoms with van der Waals surface area (Å²) >= 11 is 0. The van der Waals surface area contributed by atoms with Crippen LogP contribution in [0.4, 0.5) is 4.39 Å². The molecule has 4 rings (SSSR count). The third kappa shape index (κ3) is 2.48. The van der Waals surface area contributed by atoms with Crippen molar-refractivity contribution in [3.8, 4) is 0 Å². The Bertz CT molecular complexity index is 632. The molecule has 1 aromatic heterocycles. The number of hydrogen-bond donors (Lipinski definition) is 1. The van der Waals surface area contributed by atoms with Gasteiger partial charge >= 0.3 is 0 Å². The Hall–Kier alpha value is -1.68. The SMILES string of the molecule is Fc1cccc(C2CNCCC2c2cncn2C2CC2)c1. The molecule has 0 bridgehead atoms. The van der Waals surface area contributed by atoms with Gasteiger partial charge in [-0.2, -0.15) is 0 Å². The van der Waals surface area contributed by atoms with Gasteiger partial charge in [-0.05, 0) is 43.5 Å². The molecule has 2 heterocycles. The summed E-state index contributed by atoms with van der Waals surface area (Å²) in [6.45, 7) is 1.93. The van der Waals surface area contributed by atoms with Gasteiger partial charge in [0.2, 0.25) is 0 Å². The normalized spacial score (nSPS) is 26.0. The smallest absolute Gasteiger partial charge is 0.123 e. The fourth-order valence-corrected chi connectivity index (χ4v) is 3.56. The molecule has 3 nitrogen and oxygen atoms in total. The molecule has 1 aliphatic carbocycles. The largest absolute Gasteiger partial charge is 0.331 e. The van der Waals surface area contributed by atoms with E-state index in [1.807, 2.05) is 24.7 Å². The van der Waals surface area contributed by atoms with Crippen LogP contribution >= 0.6 is 0 Å². The van der Waals surface area contributed by atoms with Crippen LogP contribution in [0.2, 0.25) is 0 Å². The number of rotatable bonds is 3. The maximum Gasteiger partial charge on any atom is 0.123 e. The molecule has 2 aliphatic rings. The monoisotopic (exact) mass is 285 g/mol. The van der Waals surface area contributed by atoms with Crippen LogP contribution in [0.1, 0.15) is 48.4 Å². The Labute approximate surface area is 124 Å². The van der Waals surface area contributed by atoms with Crippen molar-refractivity contribution in [2.45, 2.75) is 37.1 Å². The number of halogens is 1. The van der Waals surface area contributed by atoms with Gasteiger partial charge in [0.1, 0.15) is 5.82 Å². The minimum Gasteiger partial charge on any atom is -0.331 e. The second kappa shape index (κ2) is 5.26. The van der Waals surface area contributed by atoms with Gasteiger partial charge in [-0.25, -0.2) is 9.37 Å². The van der Waals surface area contributed by atoms with Gasteiger partial charge in [0.05, 0.1) is 6.33 Å². The van der Waals surface area contributed by atoms with Crippen LogP contribution in [0.15, 0.2) is 36.8 Å². The first-order valence-corrected chi connectivity index (χ1v) is 7.81. The van der Waals surface area contributed by atoms with Crippen LogP contribution in [0, 0.1) is 5.82 Å². The number of aromatic nitrogens is 2. The van der Waals surface area contributed by atoms with Crippen molar-refractivity contribution >= 4 is 0 Å². The lowest BCUT2D eigenvalue weighted by molar-refractivity contribution is 0.387. The van der Waals surface area contributed by atoms with Crippen molar-refractivity contribution in [2.24, 2.45) is 0 Å². The average Bonchev–Trinajstić information content (AvgIpc) is 3.24. The fraction of sp³-hybridized carbons (Fsp3) is 0.471. The highest BCUT2D eigenvalue weighted by molar-refractivity contribution is 5.27. The molecule has 110 valence electrons. The summed E-state index contributed by atoms with van der Waals surface area (Å²) in [7, 11) is 0. The van der Waals surface area contributed by atoms with Crippen molar-refractivity contribution in [1.82, 2.24) is 14.9 Å². The number of nitrogens with one attached hydrogen (secondary N) is 1. The molecular formula is C17H20FN3. The molecule has 2 fully saturated rings. The van der Waals surface area contributed by atoms with Crippen molar-refractivity contribution in [1.29, 1.82) is 0 Å². The molecule has 1 N–H and O–H groups in total. The van der Waals surface area contributed by atoms with E-state index in [2.05, 4.69) is 14.9 Å². The van der Waals surface area contributed by atoms with E-state index in [1.54, 1.807) is 6.07 Å². The number of hydrogen-bond acceptors (Lipinski definition) is 2. The summed E-state index contributed by atoms with van der Waals surface area (Å²) in [5.74, 6) is 0.604. The fourth-order valence-electron chi connectivity index (χ4n) is 3.56. The Morgan fingerprint density at radius 1 is 1.19 bits per heavy atom. The van der Waals surface area contributed by atoms with E-state index in [0.717, 1.165) is 25.1 Å². The summed E-state index contributed by atoms with van der Waals surface area (Å²) in [6.07, 6.45) is 7.59. The summed E-state index contributed by atoms with van der Waals surface area (Å²) < 4.78 is 15.9. The summed E-state index contributed by atoms with van der Waals surface area (Å²) in [5.41, 5.74) is 2.42. The van der Waals surface area contributed by atoms with Crippen molar-refractivity contribution in [2.75, 3.05) is 13.1 Å². The van der Waals surface area contributed by atoms with Gasteiger partial charge in [0.25, 0.3) is 0 Å². The van der Waals surface area contributed by atoms with E-state index in [0.29, 0.717) is 17.9 Å². The molecule has 21 heavy (non-hydrogen) atoms. The predicted molar refractivity (Wildman–Crippen MR) is 79.9 cm³/mol. The quantitative estimate of drug-likeness (QED) is 0.938. The van der Waals surface area contributed by atoms with Crippen LogP contribution < -0.4 is 5.32 Å². The molecule has 1 aromatic carbocycles. The Morgan fingerprint density at radius 3 is 2.90 bits per heavy atom. The molecular weight excluding hydrogens is 265 g/mol. The van der Waals surface area contributed by atoms with Crippen molar-refractivity contribution in [3.63, 3.8) is 0 Å². The van der Waals surface area contributed by atoms with Gasteiger partial charge in [0.15, 0.2) is 0 Å². The predicted octanol–water partition coefficient (Wildman–Crippen LogP) is 3.22. The zero-order valence-corrected chi connectivity index (χ0v) is 12.0. The van der Waals surface area contributed by atoms with Crippen LogP contribution in [-0.4, -0.2) is 22.6 Å². The maximum absolute atomic E-state index is 13.6. The Balaban J connectivity index is 1.69. The van der Waals surface area contributed by atoms with Crippen LogP contribution in [-0.2, 0) is 0 Å². The maximum atomic E-state index is 13.6. The first kappa shape index (κ1) is 13.0. The topological polar surface area (TPSA) is 29.9 Å². The van der Waals surface area contributed by atoms with E-state index in [1.165, 1.54) is 24.6 Å². The first-order valence-electron chi connectivity index (χ1n) is 7.81. The van der Waals surface area contributed by atoms with Gasteiger partial charge < -0.3 is 9.88 Å². The zero-order chi connectivity index (χ0) is 14.2. The summed E-state index contributed by atoms with van der Waals surface area (Å²) in [5, 5.41) is 3.46. The molecule has 2 atom stereocenters. The number of benzene rings is 1. The van der Waals surface area contributed by atoms with Gasteiger partial charge in [-0.1, -0.05) is 12.1 Å². The van der Waals surface area contributed by atoms with E-state index in [-0.39, 0.29) is 5.82 Å². The first-order chi connectivity index (χ1) is 10.3. The molecule has 0 amide bonds. The van der Waals surface area contributed by atoms with Gasteiger partial charge in [0, 0.05) is 36.3 Å². The lowest BCUT2D eigenvalue weighted by Crippen LogP contribution is -2.34. The molecule has 1 aliphatic heterocycles. The molecule has 2 unspecified atom stereocenters. The zero-order valence-electron chi connectivity index (χ0n) is 12.0. The standard InChI is InChI=1S/C17H20FN3/c18-13-3-1-2-12(8-13)16-9-19-7-6-15(16)17-10-20-11-21(17)14-4-5-14/h1-3,8,10-11,14-16,19H,4-7,9H2.